The maximum Gasteiger partial charge on any atom is 0.259 e. The van der Waals surface area contributed by atoms with Gasteiger partial charge in [-0.05, 0) is 49.4 Å². The molecular formula is C28H34N4O4S. The fourth-order valence-corrected chi connectivity index (χ4v) is 5.99. The van der Waals surface area contributed by atoms with E-state index in [4.69, 9.17) is 4.74 Å². The zero-order chi connectivity index (χ0) is 26.4. The fourth-order valence-electron chi connectivity index (χ4n) is 4.51. The fraction of sp³-hybridized carbons (Fsp3) is 0.321. The number of methoxy groups -OCH3 is 1. The van der Waals surface area contributed by atoms with E-state index in [-0.39, 0.29) is 10.8 Å². The number of anilines is 2. The Hall–Kier alpha value is -3.40. The van der Waals surface area contributed by atoms with Crippen LogP contribution in [0.25, 0.3) is 0 Å². The number of carbonyl (C=O) groups excluding carboxylic acids is 1. The van der Waals surface area contributed by atoms with Crippen molar-refractivity contribution in [3.05, 3.63) is 83.9 Å². The highest BCUT2D eigenvalue weighted by Gasteiger charge is 2.27. The number of likely N-dealkylation sites (N-methyl/N-ethyl adjacent to an activating group) is 1. The standard InChI is InChI=1S/C28H34N4O4S/c1-4-31-16-18-32(19-17-31)25-15-14-23(29-28(33)24-12-8-9-13-26(24)36-3)20-27(25)37(34,35)30-21(2)22-10-6-5-7-11-22/h5-15,20-21,30H,4,16-19H2,1-3H3,(H,29,33)/t21-/m0/s1. The van der Waals surface area contributed by atoms with Crippen LogP contribution in [0.2, 0.25) is 0 Å². The highest BCUT2D eigenvalue weighted by atomic mass is 32.2. The van der Waals surface area contributed by atoms with Gasteiger partial charge in [0.2, 0.25) is 10.0 Å². The van der Waals surface area contributed by atoms with Gasteiger partial charge in [0.05, 0.1) is 18.4 Å². The number of hydrogen-bond donors (Lipinski definition) is 2. The molecule has 3 aromatic rings. The van der Waals surface area contributed by atoms with Crippen LogP contribution >= 0.6 is 0 Å². The van der Waals surface area contributed by atoms with Gasteiger partial charge in [0.25, 0.3) is 5.91 Å². The summed E-state index contributed by atoms with van der Waals surface area (Å²) < 4.78 is 35.6. The molecule has 1 fully saturated rings. The number of amides is 1. The van der Waals surface area contributed by atoms with Gasteiger partial charge in [0, 0.05) is 37.9 Å². The molecule has 8 nitrogen and oxygen atoms in total. The Kier molecular flexibility index (Phi) is 8.48. The topological polar surface area (TPSA) is 91.0 Å². The zero-order valence-electron chi connectivity index (χ0n) is 21.5. The maximum atomic E-state index is 13.7. The number of benzene rings is 3. The van der Waals surface area contributed by atoms with E-state index in [1.54, 1.807) is 36.4 Å². The first-order chi connectivity index (χ1) is 17.8. The zero-order valence-corrected chi connectivity index (χ0v) is 22.3. The molecule has 2 N–H and O–H groups in total. The number of carbonyl (C=O) groups is 1. The molecule has 1 amide bonds. The molecule has 0 spiro atoms. The Morgan fingerprint density at radius 3 is 2.32 bits per heavy atom. The van der Waals surface area contributed by atoms with Gasteiger partial charge in [-0.1, -0.05) is 49.4 Å². The maximum absolute atomic E-state index is 13.7. The second kappa shape index (κ2) is 11.8. The average Bonchev–Trinajstić information content (AvgIpc) is 2.93. The molecule has 9 heteroatoms. The van der Waals surface area contributed by atoms with Gasteiger partial charge < -0.3 is 19.9 Å². The summed E-state index contributed by atoms with van der Waals surface area (Å²) in [5, 5.41) is 2.84. The Morgan fingerprint density at radius 2 is 1.65 bits per heavy atom. The van der Waals surface area contributed by atoms with Crippen molar-refractivity contribution in [3.8, 4) is 5.75 Å². The van der Waals surface area contributed by atoms with Crippen molar-refractivity contribution in [2.75, 3.05) is 50.1 Å². The van der Waals surface area contributed by atoms with E-state index in [0.29, 0.717) is 22.7 Å². The van der Waals surface area contributed by atoms with Crippen molar-refractivity contribution in [2.45, 2.75) is 24.8 Å². The summed E-state index contributed by atoms with van der Waals surface area (Å²) in [5.41, 5.74) is 2.24. The van der Waals surface area contributed by atoms with Crippen LogP contribution in [0.4, 0.5) is 11.4 Å². The number of sulfonamides is 1. The predicted octanol–water partition coefficient (Wildman–Crippen LogP) is 4.13. The summed E-state index contributed by atoms with van der Waals surface area (Å²) in [4.78, 5) is 17.6. The molecule has 1 heterocycles. The lowest BCUT2D eigenvalue weighted by atomic mass is 10.1. The van der Waals surface area contributed by atoms with Crippen molar-refractivity contribution in [3.63, 3.8) is 0 Å². The summed E-state index contributed by atoms with van der Waals surface area (Å²) in [5.74, 6) is 0.0623. The van der Waals surface area contributed by atoms with Crippen LogP contribution in [-0.4, -0.2) is 59.1 Å². The lowest BCUT2D eigenvalue weighted by Gasteiger charge is -2.36. The minimum Gasteiger partial charge on any atom is -0.496 e. The van der Waals surface area contributed by atoms with Crippen LogP contribution in [0.5, 0.6) is 5.75 Å². The normalized spacial score (nSPS) is 15.3. The van der Waals surface area contributed by atoms with E-state index >= 15 is 0 Å². The molecule has 0 radical (unpaired) electrons. The Morgan fingerprint density at radius 1 is 0.973 bits per heavy atom. The van der Waals surface area contributed by atoms with E-state index in [1.165, 1.54) is 13.2 Å². The molecule has 0 saturated carbocycles. The summed E-state index contributed by atoms with van der Waals surface area (Å²) in [7, 11) is -2.42. The highest BCUT2D eigenvalue weighted by molar-refractivity contribution is 7.89. The molecular weight excluding hydrogens is 488 g/mol. The number of rotatable bonds is 9. The number of nitrogens with one attached hydrogen (secondary N) is 2. The Balaban J connectivity index is 1.67. The number of piperazine rings is 1. The number of nitrogens with zero attached hydrogens (tertiary/aromatic N) is 2. The van der Waals surface area contributed by atoms with E-state index in [2.05, 4.69) is 26.8 Å². The molecule has 4 rings (SSSR count). The summed E-state index contributed by atoms with van der Waals surface area (Å²) >= 11 is 0. The molecule has 0 unspecified atom stereocenters. The third-order valence-electron chi connectivity index (χ3n) is 6.65. The molecule has 1 saturated heterocycles. The Bertz CT molecular complexity index is 1320. The van der Waals surface area contributed by atoms with Crippen LogP contribution in [0.3, 0.4) is 0 Å². The van der Waals surface area contributed by atoms with Gasteiger partial charge in [0.1, 0.15) is 10.6 Å². The third-order valence-corrected chi connectivity index (χ3v) is 8.22. The third kappa shape index (κ3) is 6.30. The largest absolute Gasteiger partial charge is 0.496 e. The Labute approximate surface area is 219 Å². The van der Waals surface area contributed by atoms with Gasteiger partial charge in [-0.15, -0.1) is 0 Å². The van der Waals surface area contributed by atoms with Gasteiger partial charge >= 0.3 is 0 Å². The SMILES string of the molecule is CCN1CCN(c2ccc(NC(=O)c3ccccc3OC)cc2S(=O)(=O)N[C@@H](C)c2ccccc2)CC1. The van der Waals surface area contributed by atoms with Crippen molar-refractivity contribution < 1.29 is 17.9 Å². The van der Waals surface area contributed by atoms with Crippen LogP contribution in [0.15, 0.2) is 77.7 Å². The molecule has 196 valence electrons. The van der Waals surface area contributed by atoms with Gasteiger partial charge in [-0.25, -0.2) is 13.1 Å². The molecule has 37 heavy (non-hydrogen) atoms. The first-order valence-corrected chi connectivity index (χ1v) is 13.9. The number of hydrogen-bond acceptors (Lipinski definition) is 6. The summed E-state index contributed by atoms with van der Waals surface area (Å²) in [6.45, 7) is 8.06. The molecule has 1 atom stereocenters. The second-order valence-corrected chi connectivity index (χ2v) is 10.7. The number of ether oxygens (including phenoxy) is 1. The monoisotopic (exact) mass is 522 g/mol. The van der Waals surface area contributed by atoms with E-state index in [1.807, 2.05) is 37.3 Å². The van der Waals surface area contributed by atoms with Gasteiger partial charge in [-0.3, -0.25) is 4.79 Å². The van der Waals surface area contributed by atoms with E-state index in [9.17, 15) is 13.2 Å². The van der Waals surface area contributed by atoms with E-state index in [0.717, 1.165) is 38.3 Å². The van der Waals surface area contributed by atoms with Crippen LogP contribution < -0.4 is 19.7 Å². The molecule has 0 aromatic heterocycles. The highest BCUT2D eigenvalue weighted by Crippen LogP contribution is 2.31. The van der Waals surface area contributed by atoms with Crippen LogP contribution in [0.1, 0.15) is 35.8 Å². The molecule has 3 aromatic carbocycles. The lowest BCUT2D eigenvalue weighted by molar-refractivity contribution is 0.102. The molecule has 0 bridgehead atoms. The van der Waals surface area contributed by atoms with Crippen LogP contribution in [0, 0.1) is 0 Å². The van der Waals surface area contributed by atoms with Crippen molar-refractivity contribution in [1.82, 2.24) is 9.62 Å². The summed E-state index contributed by atoms with van der Waals surface area (Å²) in [6.07, 6.45) is 0. The minimum absolute atomic E-state index is 0.137. The summed E-state index contributed by atoms with van der Waals surface area (Å²) in [6, 6.07) is 21.0. The second-order valence-electron chi connectivity index (χ2n) is 9.01. The van der Waals surface area contributed by atoms with Gasteiger partial charge in [-0.2, -0.15) is 0 Å². The first kappa shape index (κ1) is 26.7. The molecule has 1 aliphatic heterocycles. The predicted molar refractivity (Wildman–Crippen MR) is 147 cm³/mol. The lowest BCUT2D eigenvalue weighted by Crippen LogP contribution is -2.46. The average molecular weight is 523 g/mol. The smallest absolute Gasteiger partial charge is 0.259 e. The minimum atomic E-state index is -3.92. The quantitative estimate of drug-likeness (QED) is 0.439. The molecule has 0 aliphatic carbocycles. The van der Waals surface area contributed by atoms with Crippen molar-refractivity contribution in [1.29, 1.82) is 0 Å². The molecule has 1 aliphatic rings. The van der Waals surface area contributed by atoms with Crippen molar-refractivity contribution in [2.24, 2.45) is 0 Å². The van der Waals surface area contributed by atoms with Crippen molar-refractivity contribution >= 4 is 27.3 Å². The first-order valence-electron chi connectivity index (χ1n) is 12.5. The van der Waals surface area contributed by atoms with Gasteiger partial charge in [0.15, 0.2) is 0 Å². The van der Waals surface area contributed by atoms with E-state index < -0.39 is 16.1 Å². The number of para-hydroxylation sites is 1. The van der Waals surface area contributed by atoms with Crippen LogP contribution in [-0.2, 0) is 10.0 Å².